The number of carbonyl (C=O) groups excluding carboxylic acids is 2. The lowest BCUT2D eigenvalue weighted by atomic mass is 10.6. The second kappa shape index (κ2) is 1.40. The Morgan fingerprint density at radius 2 is 2.25 bits per heavy atom. The van der Waals surface area contributed by atoms with Crippen LogP contribution < -0.4 is 0 Å². The molecule has 0 saturated carbocycles. The zero-order chi connectivity index (χ0) is 6.15. The van der Waals surface area contributed by atoms with Gasteiger partial charge in [-0.25, -0.2) is 4.79 Å². The molecule has 0 bridgehead atoms. The molecule has 3 amide bonds. The third kappa shape index (κ3) is 0.501. The Morgan fingerprint density at radius 3 is 2.38 bits per heavy atom. The fraction of sp³-hybridized carbons (Fsp3) is 0.250. The molecule has 1 aliphatic heterocycles. The minimum absolute atomic E-state index is 0.352. The number of aliphatic imine (C=N–C) groups is 1. The second-order valence-electron chi connectivity index (χ2n) is 1.44. The van der Waals surface area contributed by atoms with Crippen molar-refractivity contribution in [1.82, 2.24) is 4.90 Å². The van der Waals surface area contributed by atoms with E-state index in [-0.39, 0.29) is 5.91 Å². The first-order valence-corrected chi connectivity index (χ1v) is 2.07. The van der Waals surface area contributed by atoms with Gasteiger partial charge in [0.2, 0.25) is 0 Å². The average Bonchev–Trinajstić information content (AvgIpc) is 1.98. The summed E-state index contributed by atoms with van der Waals surface area (Å²) in [5.41, 5.74) is 0. The van der Waals surface area contributed by atoms with E-state index in [1.165, 1.54) is 7.05 Å². The predicted octanol–water partition coefficient (Wildman–Crippen LogP) is -0.351. The summed E-state index contributed by atoms with van der Waals surface area (Å²) < 4.78 is 0. The van der Waals surface area contributed by atoms with Gasteiger partial charge < -0.3 is 0 Å². The van der Waals surface area contributed by atoms with Crippen LogP contribution in [0.4, 0.5) is 4.79 Å². The van der Waals surface area contributed by atoms with Crippen LogP contribution in [0.5, 0.6) is 0 Å². The van der Waals surface area contributed by atoms with Crippen molar-refractivity contribution in [1.29, 1.82) is 0 Å². The molecule has 0 aromatic carbocycles. The van der Waals surface area contributed by atoms with Crippen molar-refractivity contribution in [2.45, 2.75) is 0 Å². The minimum Gasteiger partial charge on any atom is -0.267 e. The summed E-state index contributed by atoms with van der Waals surface area (Å²) >= 11 is 0. The molecule has 1 aliphatic rings. The van der Waals surface area contributed by atoms with Crippen LogP contribution in [-0.4, -0.2) is 30.1 Å². The lowest BCUT2D eigenvalue weighted by Gasteiger charge is -1.99. The SMILES string of the molecule is CN1C(=O)C=NC1=O. The summed E-state index contributed by atoms with van der Waals surface area (Å²) in [5, 5.41) is 0. The first-order chi connectivity index (χ1) is 3.72. The molecule has 0 spiro atoms. The Morgan fingerprint density at radius 1 is 1.62 bits per heavy atom. The normalized spacial score (nSPS) is 18.4. The van der Waals surface area contributed by atoms with Crippen molar-refractivity contribution in [2.75, 3.05) is 7.05 Å². The molecule has 0 saturated heterocycles. The number of hydrogen-bond acceptors (Lipinski definition) is 2. The molecule has 0 unspecified atom stereocenters. The number of nitrogens with zero attached hydrogens (tertiary/aromatic N) is 2. The Balaban J connectivity index is 2.84. The molecule has 0 atom stereocenters. The van der Waals surface area contributed by atoms with Gasteiger partial charge in [-0.05, 0) is 0 Å². The second-order valence-corrected chi connectivity index (χ2v) is 1.44. The van der Waals surface area contributed by atoms with E-state index < -0.39 is 6.03 Å². The molecular formula is C4H4N2O2. The third-order valence-electron chi connectivity index (χ3n) is 0.903. The van der Waals surface area contributed by atoms with Crippen molar-refractivity contribution in [3.63, 3.8) is 0 Å². The van der Waals surface area contributed by atoms with Crippen molar-refractivity contribution in [2.24, 2.45) is 4.99 Å². The highest BCUT2D eigenvalue weighted by Crippen LogP contribution is 1.94. The summed E-state index contributed by atoms with van der Waals surface area (Å²) in [5.74, 6) is -0.352. The van der Waals surface area contributed by atoms with E-state index in [0.717, 1.165) is 11.1 Å². The van der Waals surface area contributed by atoms with Gasteiger partial charge in [-0.15, -0.1) is 0 Å². The van der Waals surface area contributed by atoms with E-state index in [1.807, 2.05) is 0 Å². The van der Waals surface area contributed by atoms with Crippen LogP contribution in [0.1, 0.15) is 0 Å². The molecule has 0 radical (unpaired) electrons. The van der Waals surface area contributed by atoms with E-state index in [1.54, 1.807) is 0 Å². The predicted molar refractivity (Wildman–Crippen MR) is 26.7 cm³/mol. The minimum atomic E-state index is -0.491. The topological polar surface area (TPSA) is 49.7 Å². The standard InChI is InChI=1S/C4H4N2O2/c1-6-3(7)2-5-4(6)8/h2H,1H3. The summed E-state index contributed by atoms with van der Waals surface area (Å²) in [6.45, 7) is 0. The fourth-order valence-corrected chi connectivity index (χ4v) is 0.378. The zero-order valence-corrected chi connectivity index (χ0v) is 4.29. The monoisotopic (exact) mass is 112 g/mol. The Bertz CT molecular complexity index is 155. The number of rotatable bonds is 0. The van der Waals surface area contributed by atoms with Crippen LogP contribution in [0.25, 0.3) is 0 Å². The maximum atomic E-state index is 10.3. The van der Waals surface area contributed by atoms with Gasteiger partial charge in [0.1, 0.15) is 0 Å². The largest absolute Gasteiger partial charge is 0.350 e. The van der Waals surface area contributed by atoms with Gasteiger partial charge in [0.25, 0.3) is 5.91 Å². The van der Waals surface area contributed by atoms with Gasteiger partial charge >= 0.3 is 6.03 Å². The molecule has 42 valence electrons. The molecule has 0 fully saturated rings. The molecule has 0 N–H and O–H groups in total. The van der Waals surface area contributed by atoms with Crippen LogP contribution >= 0.6 is 0 Å². The van der Waals surface area contributed by atoms with E-state index in [2.05, 4.69) is 4.99 Å². The average molecular weight is 112 g/mol. The maximum Gasteiger partial charge on any atom is 0.350 e. The van der Waals surface area contributed by atoms with Crippen LogP contribution in [0.2, 0.25) is 0 Å². The summed E-state index contributed by atoms with van der Waals surface area (Å²) in [4.78, 5) is 24.8. The first kappa shape index (κ1) is 4.96. The van der Waals surface area contributed by atoms with Crippen molar-refractivity contribution in [3.8, 4) is 0 Å². The number of imide groups is 1. The lowest BCUT2D eigenvalue weighted by Crippen LogP contribution is -2.24. The number of carbonyl (C=O) groups is 2. The van der Waals surface area contributed by atoms with Gasteiger partial charge in [-0.1, -0.05) is 0 Å². The Hall–Kier alpha value is -1.19. The van der Waals surface area contributed by atoms with Crippen molar-refractivity contribution >= 4 is 18.2 Å². The van der Waals surface area contributed by atoms with Gasteiger partial charge in [0.15, 0.2) is 0 Å². The van der Waals surface area contributed by atoms with E-state index in [0.29, 0.717) is 0 Å². The summed E-state index contributed by atoms with van der Waals surface area (Å²) in [7, 11) is 1.39. The number of amides is 3. The molecule has 8 heavy (non-hydrogen) atoms. The molecular weight excluding hydrogens is 108 g/mol. The van der Waals surface area contributed by atoms with E-state index >= 15 is 0 Å². The molecule has 1 rings (SSSR count). The highest BCUT2D eigenvalue weighted by Gasteiger charge is 2.19. The van der Waals surface area contributed by atoms with Gasteiger partial charge in [0.05, 0.1) is 6.21 Å². The van der Waals surface area contributed by atoms with E-state index in [9.17, 15) is 9.59 Å². The van der Waals surface area contributed by atoms with Crippen LogP contribution in [0.15, 0.2) is 4.99 Å². The number of hydrogen-bond donors (Lipinski definition) is 0. The van der Waals surface area contributed by atoms with Crippen molar-refractivity contribution in [3.05, 3.63) is 0 Å². The molecule has 1 heterocycles. The summed E-state index contributed by atoms with van der Waals surface area (Å²) in [6, 6.07) is -0.491. The van der Waals surface area contributed by atoms with Gasteiger partial charge in [-0.3, -0.25) is 9.69 Å². The molecule has 0 aromatic rings. The Labute approximate surface area is 45.8 Å². The number of urea groups is 1. The Kier molecular flexibility index (Phi) is 0.865. The van der Waals surface area contributed by atoms with Crippen molar-refractivity contribution < 1.29 is 9.59 Å². The molecule has 0 aliphatic carbocycles. The zero-order valence-electron chi connectivity index (χ0n) is 4.29. The summed E-state index contributed by atoms with van der Waals surface area (Å²) in [6.07, 6.45) is 1.00. The van der Waals surface area contributed by atoms with Gasteiger partial charge in [0, 0.05) is 7.05 Å². The highest BCUT2D eigenvalue weighted by atomic mass is 16.2. The molecule has 0 aromatic heterocycles. The van der Waals surface area contributed by atoms with Crippen LogP contribution in [0, 0.1) is 0 Å². The third-order valence-corrected chi connectivity index (χ3v) is 0.903. The first-order valence-electron chi connectivity index (χ1n) is 2.07. The van der Waals surface area contributed by atoms with E-state index in [4.69, 9.17) is 0 Å². The maximum absolute atomic E-state index is 10.3. The van der Waals surface area contributed by atoms with Gasteiger partial charge in [-0.2, -0.15) is 4.99 Å². The smallest absolute Gasteiger partial charge is 0.267 e. The lowest BCUT2D eigenvalue weighted by molar-refractivity contribution is -0.119. The van der Waals surface area contributed by atoms with Crippen LogP contribution in [0.3, 0.4) is 0 Å². The van der Waals surface area contributed by atoms with Crippen LogP contribution in [-0.2, 0) is 4.79 Å². The highest BCUT2D eigenvalue weighted by molar-refractivity contribution is 6.35. The molecule has 4 nitrogen and oxygen atoms in total. The fourth-order valence-electron chi connectivity index (χ4n) is 0.378. The molecule has 4 heteroatoms. The quantitative estimate of drug-likeness (QED) is 0.430.